The minimum Gasteiger partial charge on any atom is -0.490 e. The lowest BCUT2D eigenvalue weighted by Gasteiger charge is -2.45. The van der Waals surface area contributed by atoms with Crippen molar-refractivity contribution in [2.45, 2.75) is 80.2 Å². The van der Waals surface area contributed by atoms with Gasteiger partial charge in [-0.3, -0.25) is 0 Å². The average molecular weight is 473 g/mol. The Morgan fingerprint density at radius 3 is 2.48 bits per heavy atom. The summed E-state index contributed by atoms with van der Waals surface area (Å²) < 4.78 is 12.1. The minimum absolute atomic E-state index is 0.314. The van der Waals surface area contributed by atoms with Gasteiger partial charge in [-0.05, 0) is 73.4 Å². The minimum atomic E-state index is -1.40. The third kappa shape index (κ3) is 4.20. The van der Waals surface area contributed by atoms with Gasteiger partial charge in [0.05, 0.1) is 30.7 Å². The van der Waals surface area contributed by atoms with Crippen molar-refractivity contribution in [3.8, 4) is 5.75 Å². The van der Waals surface area contributed by atoms with Crippen LogP contribution in [0, 0.1) is 6.92 Å². The van der Waals surface area contributed by atoms with E-state index in [4.69, 9.17) is 9.47 Å². The van der Waals surface area contributed by atoms with Gasteiger partial charge in [0.2, 0.25) is 0 Å². The molecule has 0 aromatic heterocycles. The van der Waals surface area contributed by atoms with Gasteiger partial charge in [0.25, 0.3) is 0 Å². The van der Waals surface area contributed by atoms with Crippen LogP contribution in [0.2, 0.25) is 0 Å². The predicted molar refractivity (Wildman–Crippen MR) is 126 cm³/mol. The lowest BCUT2D eigenvalue weighted by Crippen LogP contribution is -2.58. The maximum Gasteiger partial charge on any atom is 0.168 e. The second-order valence-electron chi connectivity index (χ2n) is 9.50. The molecule has 1 aliphatic carbocycles. The molecule has 5 rings (SSSR count). The summed E-state index contributed by atoms with van der Waals surface area (Å²) in [6, 6.07) is 12.4. The monoisotopic (exact) mass is 472 g/mol. The summed E-state index contributed by atoms with van der Waals surface area (Å²) in [7, 11) is 0. The molecule has 1 spiro atoms. The average Bonchev–Trinajstić information content (AvgIpc) is 3.45. The van der Waals surface area contributed by atoms with Gasteiger partial charge in [-0.25, -0.2) is 0 Å². The van der Waals surface area contributed by atoms with Crippen molar-refractivity contribution in [3.63, 3.8) is 0 Å². The van der Waals surface area contributed by atoms with Crippen molar-refractivity contribution in [1.82, 2.24) is 0 Å². The van der Waals surface area contributed by atoms with Crippen molar-refractivity contribution < 1.29 is 29.9 Å². The second-order valence-corrected chi connectivity index (χ2v) is 10.9. The van der Waals surface area contributed by atoms with Gasteiger partial charge in [-0.2, -0.15) is 0 Å². The second kappa shape index (κ2) is 9.21. The van der Waals surface area contributed by atoms with Gasteiger partial charge in [0.1, 0.15) is 18.0 Å². The molecule has 1 saturated carbocycles. The molecule has 3 aliphatic rings. The number of benzene rings is 2. The molecule has 6 nitrogen and oxygen atoms in total. The van der Waals surface area contributed by atoms with E-state index < -0.39 is 28.5 Å². The van der Waals surface area contributed by atoms with Gasteiger partial charge in [-0.15, -0.1) is 11.8 Å². The zero-order valence-electron chi connectivity index (χ0n) is 18.8. The Bertz CT molecular complexity index is 987. The first kappa shape index (κ1) is 23.1. The summed E-state index contributed by atoms with van der Waals surface area (Å²) in [5, 5.41) is 40.7. The van der Waals surface area contributed by atoms with E-state index in [0.29, 0.717) is 19.1 Å². The molecule has 33 heavy (non-hydrogen) atoms. The quantitative estimate of drug-likeness (QED) is 0.531. The molecule has 2 heterocycles. The van der Waals surface area contributed by atoms with Crippen LogP contribution in [0.1, 0.15) is 53.5 Å². The van der Waals surface area contributed by atoms with Crippen molar-refractivity contribution in [1.29, 1.82) is 0 Å². The Hall–Kier alpha value is -1.61. The summed E-state index contributed by atoms with van der Waals surface area (Å²) in [4.78, 5) is -1.21. The van der Waals surface area contributed by atoms with Gasteiger partial charge in [-0.1, -0.05) is 24.3 Å². The van der Waals surface area contributed by atoms with Crippen molar-refractivity contribution in [2.24, 2.45) is 0 Å². The molecule has 0 radical (unpaired) electrons. The van der Waals surface area contributed by atoms with Gasteiger partial charge >= 0.3 is 0 Å². The number of ether oxygens (including phenoxy) is 2. The summed E-state index contributed by atoms with van der Waals surface area (Å²) in [5.74, 6) is 0.910. The third-order valence-electron chi connectivity index (χ3n) is 7.25. The lowest BCUT2D eigenvalue weighted by molar-refractivity contribution is -0.147. The SMILES string of the molecule is Cc1cc2c(cc1Cc1ccc(OC3CCCC3)cc1)[C@]1(OC2)S[C@H](CO)[C@@H](O)[C@H](O)[C@H]1O. The molecular formula is C26H32O6S. The Morgan fingerprint density at radius 1 is 1.06 bits per heavy atom. The fraction of sp³-hybridized carbons (Fsp3) is 0.538. The van der Waals surface area contributed by atoms with Crippen LogP contribution in [0.5, 0.6) is 5.75 Å². The maximum atomic E-state index is 10.9. The van der Waals surface area contributed by atoms with E-state index in [0.717, 1.165) is 46.4 Å². The molecule has 2 aliphatic heterocycles. The third-order valence-corrected chi connectivity index (χ3v) is 8.91. The Kier molecular flexibility index (Phi) is 6.46. The number of hydrogen-bond donors (Lipinski definition) is 4. The molecule has 5 atom stereocenters. The molecule has 2 fully saturated rings. The van der Waals surface area contributed by atoms with Crippen LogP contribution in [0.15, 0.2) is 36.4 Å². The fourth-order valence-electron chi connectivity index (χ4n) is 5.30. The number of fused-ring (bicyclic) bond motifs is 2. The normalized spacial score (nSPS) is 31.8. The fourth-order valence-corrected chi connectivity index (χ4v) is 6.84. The first-order chi connectivity index (χ1) is 15.9. The molecule has 1 saturated heterocycles. The number of hydrogen-bond acceptors (Lipinski definition) is 7. The zero-order chi connectivity index (χ0) is 23.2. The van der Waals surface area contributed by atoms with Crippen molar-refractivity contribution >= 4 is 11.8 Å². The summed E-state index contributed by atoms with van der Waals surface area (Å²) in [6.45, 7) is 2.07. The number of aryl methyl sites for hydroxylation is 1. The number of rotatable bonds is 5. The highest BCUT2D eigenvalue weighted by Crippen LogP contribution is 2.54. The van der Waals surface area contributed by atoms with Crippen molar-refractivity contribution in [3.05, 3.63) is 64.2 Å². The highest BCUT2D eigenvalue weighted by atomic mass is 32.2. The highest BCUT2D eigenvalue weighted by Gasteiger charge is 2.57. The lowest BCUT2D eigenvalue weighted by atomic mass is 9.89. The summed E-state index contributed by atoms with van der Waals surface area (Å²) >= 11 is 1.19. The van der Waals surface area contributed by atoms with Gasteiger partial charge in [0, 0.05) is 5.56 Å². The maximum absolute atomic E-state index is 10.9. The molecule has 0 amide bonds. The summed E-state index contributed by atoms with van der Waals surface area (Å²) in [6.07, 6.45) is 1.88. The van der Waals surface area contributed by atoms with E-state index in [1.807, 2.05) is 12.1 Å². The molecular weight excluding hydrogens is 440 g/mol. The topological polar surface area (TPSA) is 99.4 Å². The van der Waals surface area contributed by atoms with E-state index in [9.17, 15) is 20.4 Å². The van der Waals surface area contributed by atoms with Crippen LogP contribution in [0.3, 0.4) is 0 Å². The Morgan fingerprint density at radius 2 is 1.79 bits per heavy atom. The largest absolute Gasteiger partial charge is 0.490 e. The van der Waals surface area contributed by atoms with Crippen LogP contribution < -0.4 is 4.74 Å². The van der Waals surface area contributed by atoms with Crippen LogP contribution in [-0.2, 0) is 22.7 Å². The molecule has 7 heteroatoms. The van der Waals surface area contributed by atoms with E-state index in [-0.39, 0.29) is 6.61 Å². The predicted octanol–water partition coefficient (Wildman–Crippen LogP) is 2.78. The van der Waals surface area contributed by atoms with E-state index in [1.54, 1.807) is 0 Å². The number of aliphatic hydroxyl groups is 4. The van der Waals surface area contributed by atoms with Gasteiger partial charge in [0.15, 0.2) is 4.93 Å². The van der Waals surface area contributed by atoms with Crippen LogP contribution in [0.25, 0.3) is 0 Å². The van der Waals surface area contributed by atoms with E-state index in [1.165, 1.54) is 24.6 Å². The standard InChI is InChI=1S/C26H32O6S/c1-15-10-18-14-31-26(25(30)24(29)23(28)22(13-27)33-26)21(18)12-17(15)11-16-6-8-20(9-7-16)32-19-4-2-3-5-19/h6-10,12,19,22-25,27-30H,2-5,11,13-14H2,1H3/t22-,23-,24+,25-,26+/m1/s1. The first-order valence-corrected chi connectivity index (χ1v) is 12.6. The molecule has 0 unspecified atom stereocenters. The molecule has 4 N–H and O–H groups in total. The van der Waals surface area contributed by atoms with E-state index >= 15 is 0 Å². The zero-order valence-corrected chi connectivity index (χ0v) is 19.6. The molecule has 2 aromatic carbocycles. The summed E-state index contributed by atoms with van der Waals surface area (Å²) in [5.41, 5.74) is 5.17. The molecule has 0 bridgehead atoms. The Labute approximate surface area is 198 Å². The van der Waals surface area contributed by atoms with Gasteiger partial charge < -0.3 is 29.9 Å². The molecule has 2 aromatic rings. The van der Waals surface area contributed by atoms with Crippen LogP contribution in [-0.4, -0.2) is 56.7 Å². The van der Waals surface area contributed by atoms with Crippen molar-refractivity contribution in [2.75, 3.05) is 6.61 Å². The number of thioether (sulfide) groups is 1. The smallest absolute Gasteiger partial charge is 0.168 e. The number of aliphatic hydroxyl groups excluding tert-OH is 4. The molecule has 178 valence electrons. The Balaban J connectivity index is 1.40. The van der Waals surface area contributed by atoms with E-state index in [2.05, 4.69) is 31.2 Å². The highest BCUT2D eigenvalue weighted by molar-refractivity contribution is 8.00. The van der Waals surface area contributed by atoms with Crippen LogP contribution in [0.4, 0.5) is 0 Å². The van der Waals surface area contributed by atoms with Crippen LogP contribution >= 0.6 is 11.8 Å². The first-order valence-electron chi connectivity index (χ1n) is 11.8.